The summed E-state index contributed by atoms with van der Waals surface area (Å²) in [5.41, 5.74) is 1.50. The van der Waals surface area contributed by atoms with E-state index in [0.29, 0.717) is 16.7 Å². The number of aromatic nitrogens is 2. The van der Waals surface area contributed by atoms with Gasteiger partial charge in [0, 0.05) is 25.5 Å². The van der Waals surface area contributed by atoms with E-state index in [1.165, 1.54) is 17.3 Å². The van der Waals surface area contributed by atoms with Crippen molar-refractivity contribution in [1.82, 2.24) is 9.97 Å². The van der Waals surface area contributed by atoms with Gasteiger partial charge in [0.1, 0.15) is 5.52 Å². The van der Waals surface area contributed by atoms with Gasteiger partial charge in [0.25, 0.3) is 0 Å². The van der Waals surface area contributed by atoms with Crippen LogP contribution in [0.2, 0.25) is 0 Å². The Morgan fingerprint density at radius 3 is 2.64 bits per heavy atom. The van der Waals surface area contributed by atoms with Crippen molar-refractivity contribution in [2.24, 2.45) is 11.8 Å². The van der Waals surface area contributed by atoms with E-state index < -0.39 is 30.5 Å². The first-order valence-electron chi connectivity index (χ1n) is 6.62. The largest absolute Gasteiger partial charge is 0.481 e. The summed E-state index contributed by atoms with van der Waals surface area (Å²) in [4.78, 5) is 20.8. The molecule has 5 nitrogen and oxygen atoms in total. The van der Waals surface area contributed by atoms with Gasteiger partial charge in [-0.05, 0) is 18.2 Å². The van der Waals surface area contributed by atoms with Crippen LogP contribution in [0.5, 0.6) is 0 Å². The van der Waals surface area contributed by atoms with Crippen LogP contribution >= 0.6 is 0 Å². The molecule has 0 radical (unpaired) electrons. The summed E-state index contributed by atoms with van der Waals surface area (Å²) in [5, 5.41) is 9.07. The summed E-state index contributed by atoms with van der Waals surface area (Å²) in [6, 6.07) is 4.95. The number of alkyl halides is 3. The predicted octanol–water partition coefficient (Wildman–Crippen LogP) is 2.33. The van der Waals surface area contributed by atoms with Crippen molar-refractivity contribution < 1.29 is 23.1 Å². The Morgan fingerprint density at radius 2 is 2.00 bits per heavy atom. The zero-order valence-corrected chi connectivity index (χ0v) is 11.3. The number of halogens is 3. The number of anilines is 1. The molecular weight excluding hydrogens is 299 g/mol. The number of rotatable bonds is 2. The highest BCUT2D eigenvalue weighted by atomic mass is 19.4. The first kappa shape index (κ1) is 14.6. The van der Waals surface area contributed by atoms with Crippen molar-refractivity contribution >= 4 is 22.7 Å². The van der Waals surface area contributed by atoms with Gasteiger partial charge in [0.2, 0.25) is 0 Å². The molecule has 22 heavy (non-hydrogen) atoms. The number of carbonyl (C=O) groups is 1. The first-order chi connectivity index (χ1) is 10.4. The minimum atomic E-state index is -4.55. The van der Waals surface area contributed by atoms with Crippen LogP contribution in [-0.2, 0) is 4.79 Å². The molecule has 0 saturated carbocycles. The lowest BCUT2D eigenvalue weighted by atomic mass is 9.96. The lowest BCUT2D eigenvalue weighted by Gasteiger charge is -2.20. The highest BCUT2D eigenvalue weighted by Gasteiger charge is 2.52. The molecule has 3 rings (SSSR count). The summed E-state index contributed by atoms with van der Waals surface area (Å²) in [6.45, 7) is -0.592. The monoisotopic (exact) mass is 311 g/mol. The lowest BCUT2D eigenvalue weighted by molar-refractivity contribution is -0.187. The highest BCUT2D eigenvalue weighted by molar-refractivity contribution is 5.88. The van der Waals surface area contributed by atoms with Crippen molar-refractivity contribution in [2.45, 2.75) is 6.18 Å². The summed E-state index contributed by atoms with van der Waals surface area (Å²) < 4.78 is 39.2. The van der Waals surface area contributed by atoms with Gasteiger partial charge in [-0.2, -0.15) is 13.2 Å². The minimum absolute atomic E-state index is 0.199. The van der Waals surface area contributed by atoms with E-state index in [-0.39, 0.29) is 6.54 Å². The number of carboxylic acid groups (broad SMARTS) is 1. The third kappa shape index (κ3) is 2.44. The molecule has 116 valence electrons. The summed E-state index contributed by atoms with van der Waals surface area (Å²) in [7, 11) is 0. The van der Waals surface area contributed by atoms with E-state index in [1.54, 1.807) is 18.2 Å². The standard InChI is InChI=1S/C14H12F3N3O2/c15-14(16,17)9-7-20(6-8(9)13(21)22)11-3-5-18-10-2-1-4-19-12(10)11/h1-5,8-9H,6-7H2,(H,21,22)/t8-,9-/m1/s1. The Morgan fingerprint density at radius 1 is 1.23 bits per heavy atom. The average molecular weight is 311 g/mol. The van der Waals surface area contributed by atoms with Crippen LogP contribution in [0.1, 0.15) is 0 Å². The van der Waals surface area contributed by atoms with Gasteiger partial charge >= 0.3 is 12.1 Å². The number of nitrogens with zero attached hydrogens (tertiary/aromatic N) is 3. The van der Waals surface area contributed by atoms with Crippen molar-refractivity contribution in [3.05, 3.63) is 30.6 Å². The summed E-state index contributed by atoms with van der Waals surface area (Å²) in [6.07, 6.45) is -1.54. The third-order valence-corrected chi connectivity index (χ3v) is 3.87. The molecule has 1 aliphatic heterocycles. The smallest absolute Gasteiger partial charge is 0.394 e. The Kier molecular flexibility index (Phi) is 3.38. The second-order valence-electron chi connectivity index (χ2n) is 5.20. The van der Waals surface area contributed by atoms with E-state index in [4.69, 9.17) is 5.11 Å². The predicted molar refractivity (Wildman–Crippen MR) is 72.4 cm³/mol. The quantitative estimate of drug-likeness (QED) is 0.922. The van der Waals surface area contributed by atoms with Gasteiger partial charge in [-0.15, -0.1) is 0 Å². The molecular formula is C14H12F3N3O2. The Bertz CT molecular complexity index is 715. The Balaban J connectivity index is 2.00. The molecule has 2 aromatic rings. The first-order valence-corrected chi connectivity index (χ1v) is 6.62. The fourth-order valence-electron chi connectivity index (χ4n) is 2.80. The second kappa shape index (κ2) is 5.11. The molecule has 1 N–H and O–H groups in total. The van der Waals surface area contributed by atoms with Gasteiger partial charge in [-0.3, -0.25) is 14.8 Å². The number of hydrogen-bond donors (Lipinski definition) is 1. The molecule has 0 amide bonds. The van der Waals surface area contributed by atoms with Crippen LogP contribution < -0.4 is 4.90 Å². The number of pyridine rings is 2. The van der Waals surface area contributed by atoms with Gasteiger partial charge in [0.05, 0.1) is 23.0 Å². The zero-order valence-electron chi connectivity index (χ0n) is 11.3. The van der Waals surface area contributed by atoms with Gasteiger partial charge in [-0.25, -0.2) is 0 Å². The third-order valence-electron chi connectivity index (χ3n) is 3.87. The van der Waals surface area contributed by atoms with E-state index in [9.17, 15) is 18.0 Å². The molecule has 1 fully saturated rings. The number of aliphatic carboxylic acids is 1. The fourth-order valence-corrected chi connectivity index (χ4v) is 2.80. The molecule has 0 aliphatic carbocycles. The molecule has 1 saturated heterocycles. The van der Waals surface area contributed by atoms with Crippen molar-refractivity contribution in [3.63, 3.8) is 0 Å². The molecule has 8 heteroatoms. The maximum absolute atomic E-state index is 13.1. The van der Waals surface area contributed by atoms with Crippen LogP contribution in [0.25, 0.3) is 11.0 Å². The summed E-state index contributed by atoms with van der Waals surface area (Å²) >= 11 is 0. The molecule has 0 unspecified atom stereocenters. The minimum Gasteiger partial charge on any atom is -0.481 e. The van der Waals surface area contributed by atoms with Gasteiger partial charge in [-0.1, -0.05) is 0 Å². The molecule has 2 aromatic heterocycles. The van der Waals surface area contributed by atoms with E-state index in [1.807, 2.05) is 0 Å². The summed E-state index contributed by atoms with van der Waals surface area (Å²) in [5.74, 6) is -4.81. The molecule has 1 aliphatic rings. The molecule has 2 atom stereocenters. The van der Waals surface area contributed by atoms with E-state index in [0.717, 1.165) is 0 Å². The maximum atomic E-state index is 13.1. The Labute approximate surface area is 123 Å². The number of carboxylic acids is 1. The van der Waals surface area contributed by atoms with E-state index >= 15 is 0 Å². The zero-order chi connectivity index (χ0) is 15.9. The topological polar surface area (TPSA) is 66.3 Å². The number of hydrogen-bond acceptors (Lipinski definition) is 4. The molecule has 0 aromatic carbocycles. The van der Waals surface area contributed by atoms with Crippen molar-refractivity contribution in [3.8, 4) is 0 Å². The fraction of sp³-hybridized carbons (Fsp3) is 0.357. The Hall–Kier alpha value is -2.38. The average Bonchev–Trinajstić information content (AvgIpc) is 2.92. The van der Waals surface area contributed by atoms with Crippen molar-refractivity contribution in [2.75, 3.05) is 18.0 Å². The van der Waals surface area contributed by atoms with Gasteiger partial charge < -0.3 is 10.0 Å². The van der Waals surface area contributed by atoms with Crippen LogP contribution in [0.15, 0.2) is 30.6 Å². The van der Waals surface area contributed by atoms with E-state index in [2.05, 4.69) is 9.97 Å². The van der Waals surface area contributed by atoms with Crippen molar-refractivity contribution in [1.29, 1.82) is 0 Å². The highest BCUT2D eigenvalue weighted by Crippen LogP contribution is 2.40. The molecule has 0 bridgehead atoms. The SMILES string of the molecule is O=C(O)[C@@H]1CN(c2ccnc3cccnc23)C[C@H]1C(F)(F)F. The lowest BCUT2D eigenvalue weighted by Crippen LogP contribution is -2.33. The van der Waals surface area contributed by atoms with Crippen LogP contribution in [0, 0.1) is 11.8 Å². The second-order valence-corrected chi connectivity index (χ2v) is 5.20. The number of fused-ring (bicyclic) bond motifs is 1. The maximum Gasteiger partial charge on any atom is 0.394 e. The normalized spacial score (nSPS) is 22.2. The van der Waals surface area contributed by atoms with Crippen LogP contribution in [0.4, 0.5) is 18.9 Å². The molecule has 0 spiro atoms. The van der Waals surface area contributed by atoms with Crippen LogP contribution in [-0.4, -0.2) is 40.3 Å². The molecule has 3 heterocycles. The van der Waals surface area contributed by atoms with Crippen LogP contribution in [0.3, 0.4) is 0 Å². The van der Waals surface area contributed by atoms with Gasteiger partial charge in [0.15, 0.2) is 0 Å².